The molecule has 0 aromatic carbocycles. The molecule has 0 saturated carbocycles. The standard InChI is InChI=1S/C16H28O2S/c1-2-3-4-5-6-7-8-9-10-11-12-13-14-19-15-16(17)18/h4-15H2,1H3,(H,17,18). The fourth-order valence-electron chi connectivity index (χ4n) is 1.94. The second kappa shape index (κ2) is 15.4. The summed E-state index contributed by atoms with van der Waals surface area (Å²) in [7, 11) is 0. The van der Waals surface area contributed by atoms with Gasteiger partial charge in [0, 0.05) is 6.42 Å². The van der Waals surface area contributed by atoms with E-state index in [4.69, 9.17) is 5.11 Å². The van der Waals surface area contributed by atoms with Crippen LogP contribution in [0.4, 0.5) is 0 Å². The first kappa shape index (κ1) is 18.4. The maximum Gasteiger partial charge on any atom is 0.313 e. The third-order valence-corrected chi connectivity index (χ3v) is 4.02. The van der Waals surface area contributed by atoms with E-state index in [0.717, 1.165) is 18.6 Å². The van der Waals surface area contributed by atoms with Crippen molar-refractivity contribution in [3.63, 3.8) is 0 Å². The Morgan fingerprint density at radius 2 is 1.47 bits per heavy atom. The molecule has 0 fully saturated rings. The number of carboxylic acids is 1. The normalized spacial score (nSPS) is 9.95. The highest BCUT2D eigenvalue weighted by molar-refractivity contribution is 7.99. The van der Waals surface area contributed by atoms with Gasteiger partial charge in [0.05, 0.1) is 5.75 Å². The van der Waals surface area contributed by atoms with Gasteiger partial charge in [-0.2, -0.15) is 11.8 Å². The van der Waals surface area contributed by atoms with Crippen molar-refractivity contribution in [1.82, 2.24) is 0 Å². The molecule has 0 bridgehead atoms. The van der Waals surface area contributed by atoms with Crippen molar-refractivity contribution >= 4 is 17.7 Å². The Hall–Kier alpha value is -0.620. The largest absolute Gasteiger partial charge is 0.481 e. The molecule has 0 aliphatic heterocycles. The van der Waals surface area contributed by atoms with Crippen molar-refractivity contribution in [1.29, 1.82) is 0 Å². The number of hydrogen-bond acceptors (Lipinski definition) is 2. The van der Waals surface area contributed by atoms with Gasteiger partial charge in [-0.25, -0.2) is 0 Å². The number of thioether (sulfide) groups is 1. The summed E-state index contributed by atoms with van der Waals surface area (Å²) in [5.74, 6) is 6.58. The lowest BCUT2D eigenvalue weighted by atomic mass is 10.1. The predicted molar refractivity (Wildman–Crippen MR) is 84.6 cm³/mol. The first-order valence-corrected chi connectivity index (χ1v) is 8.62. The number of rotatable bonds is 13. The van der Waals surface area contributed by atoms with Crippen LogP contribution in [0.15, 0.2) is 0 Å². The lowest BCUT2D eigenvalue weighted by Gasteiger charge is -2.02. The van der Waals surface area contributed by atoms with Crippen LogP contribution in [0.3, 0.4) is 0 Å². The number of hydrogen-bond donors (Lipinski definition) is 1. The molecule has 0 unspecified atom stereocenters. The molecule has 0 aromatic rings. The van der Waals surface area contributed by atoms with Gasteiger partial charge < -0.3 is 5.11 Å². The Bertz CT molecular complexity index is 266. The summed E-state index contributed by atoms with van der Waals surface area (Å²) in [6, 6.07) is 0. The molecule has 3 heteroatoms. The maximum atomic E-state index is 10.3. The van der Waals surface area contributed by atoms with Crippen LogP contribution in [-0.2, 0) is 4.79 Å². The Morgan fingerprint density at radius 3 is 2.00 bits per heavy atom. The average Bonchev–Trinajstić information content (AvgIpc) is 2.39. The minimum Gasteiger partial charge on any atom is -0.481 e. The van der Waals surface area contributed by atoms with Gasteiger partial charge in [-0.05, 0) is 25.5 Å². The van der Waals surface area contributed by atoms with Crippen molar-refractivity contribution < 1.29 is 9.90 Å². The van der Waals surface area contributed by atoms with Crippen molar-refractivity contribution in [2.24, 2.45) is 0 Å². The van der Waals surface area contributed by atoms with Crippen molar-refractivity contribution in [3.05, 3.63) is 0 Å². The Labute approximate surface area is 122 Å². The van der Waals surface area contributed by atoms with E-state index in [1.165, 1.54) is 63.1 Å². The minimum atomic E-state index is -0.699. The Morgan fingerprint density at radius 1 is 0.947 bits per heavy atom. The van der Waals surface area contributed by atoms with Crippen LogP contribution in [0.2, 0.25) is 0 Å². The molecule has 0 saturated heterocycles. The van der Waals surface area contributed by atoms with E-state index in [1.807, 2.05) is 6.92 Å². The van der Waals surface area contributed by atoms with Crippen LogP contribution in [0, 0.1) is 11.8 Å². The van der Waals surface area contributed by atoms with Gasteiger partial charge in [-0.1, -0.05) is 44.9 Å². The van der Waals surface area contributed by atoms with Crippen LogP contribution in [-0.4, -0.2) is 22.6 Å². The van der Waals surface area contributed by atoms with Crippen LogP contribution < -0.4 is 0 Å². The summed E-state index contributed by atoms with van der Waals surface area (Å²) in [5.41, 5.74) is 0. The second-order valence-electron chi connectivity index (χ2n) is 4.81. The van der Waals surface area contributed by atoms with Crippen LogP contribution in [0.1, 0.15) is 71.1 Å². The summed E-state index contributed by atoms with van der Waals surface area (Å²) < 4.78 is 0. The molecule has 110 valence electrons. The van der Waals surface area contributed by atoms with Crippen molar-refractivity contribution in [3.8, 4) is 11.8 Å². The van der Waals surface area contributed by atoms with Gasteiger partial charge in [-0.3, -0.25) is 4.79 Å². The van der Waals surface area contributed by atoms with Crippen molar-refractivity contribution in [2.45, 2.75) is 71.1 Å². The SMILES string of the molecule is CC#CCCCCCCCCCCCSCC(=O)O. The fourth-order valence-corrected chi connectivity index (χ4v) is 2.67. The first-order chi connectivity index (χ1) is 9.27. The maximum absolute atomic E-state index is 10.3. The lowest BCUT2D eigenvalue weighted by Crippen LogP contribution is -1.98. The van der Waals surface area contributed by atoms with E-state index < -0.39 is 5.97 Å². The molecule has 0 atom stereocenters. The van der Waals surface area contributed by atoms with Gasteiger partial charge in [0.2, 0.25) is 0 Å². The third-order valence-electron chi connectivity index (χ3n) is 2.99. The molecule has 0 amide bonds. The molecular weight excluding hydrogens is 256 g/mol. The summed E-state index contributed by atoms with van der Waals surface area (Å²) in [5, 5.41) is 8.48. The molecule has 2 nitrogen and oxygen atoms in total. The van der Waals surface area contributed by atoms with E-state index >= 15 is 0 Å². The van der Waals surface area contributed by atoms with Crippen LogP contribution in [0.5, 0.6) is 0 Å². The number of aliphatic carboxylic acids is 1. The Balaban J connectivity index is 2.98. The molecule has 0 spiro atoms. The zero-order valence-electron chi connectivity index (χ0n) is 12.2. The van der Waals surface area contributed by atoms with Crippen LogP contribution >= 0.6 is 11.8 Å². The first-order valence-electron chi connectivity index (χ1n) is 7.46. The van der Waals surface area contributed by atoms with E-state index in [9.17, 15) is 4.79 Å². The zero-order valence-corrected chi connectivity index (χ0v) is 13.1. The van der Waals surface area contributed by atoms with Gasteiger partial charge in [-0.15, -0.1) is 11.8 Å². The average molecular weight is 284 g/mol. The highest BCUT2D eigenvalue weighted by Crippen LogP contribution is 2.12. The summed E-state index contributed by atoms with van der Waals surface area (Å²) in [6.45, 7) is 1.90. The molecule has 19 heavy (non-hydrogen) atoms. The molecule has 0 aromatic heterocycles. The molecule has 0 aliphatic rings. The zero-order chi connectivity index (χ0) is 14.2. The Kier molecular flexibility index (Phi) is 14.9. The highest BCUT2D eigenvalue weighted by Gasteiger charge is 1.96. The van der Waals surface area contributed by atoms with Gasteiger partial charge in [0.1, 0.15) is 0 Å². The van der Waals surface area contributed by atoms with E-state index in [0.29, 0.717) is 0 Å². The van der Waals surface area contributed by atoms with E-state index in [-0.39, 0.29) is 5.75 Å². The summed E-state index contributed by atoms with van der Waals surface area (Å²) >= 11 is 1.53. The lowest BCUT2D eigenvalue weighted by molar-refractivity contribution is -0.133. The summed E-state index contributed by atoms with van der Waals surface area (Å²) in [6.07, 6.45) is 12.7. The minimum absolute atomic E-state index is 0.252. The predicted octanol–water partition coefficient (Wildman–Crippen LogP) is 4.73. The number of carbonyl (C=O) groups is 1. The van der Waals surface area contributed by atoms with Crippen LogP contribution in [0.25, 0.3) is 0 Å². The highest BCUT2D eigenvalue weighted by atomic mass is 32.2. The number of unbranched alkanes of at least 4 members (excludes halogenated alkanes) is 9. The quantitative estimate of drug-likeness (QED) is 0.392. The summed E-state index contributed by atoms with van der Waals surface area (Å²) in [4.78, 5) is 10.3. The fraction of sp³-hybridized carbons (Fsp3) is 0.812. The second-order valence-corrected chi connectivity index (χ2v) is 5.91. The van der Waals surface area contributed by atoms with E-state index in [2.05, 4.69) is 11.8 Å². The smallest absolute Gasteiger partial charge is 0.313 e. The molecule has 0 rings (SSSR count). The molecular formula is C16H28O2S. The number of carboxylic acid groups (broad SMARTS) is 1. The van der Waals surface area contributed by atoms with Gasteiger partial charge >= 0.3 is 5.97 Å². The van der Waals surface area contributed by atoms with Crippen molar-refractivity contribution in [2.75, 3.05) is 11.5 Å². The monoisotopic (exact) mass is 284 g/mol. The molecule has 0 radical (unpaired) electrons. The van der Waals surface area contributed by atoms with E-state index in [1.54, 1.807) is 0 Å². The van der Waals surface area contributed by atoms with Gasteiger partial charge in [0.15, 0.2) is 0 Å². The molecule has 0 heterocycles. The molecule has 1 N–H and O–H groups in total. The van der Waals surface area contributed by atoms with Gasteiger partial charge in [0.25, 0.3) is 0 Å². The third kappa shape index (κ3) is 17.4. The molecule has 0 aliphatic carbocycles. The topological polar surface area (TPSA) is 37.3 Å².